The van der Waals surface area contributed by atoms with Crippen LogP contribution in [0.25, 0.3) is 0 Å². The summed E-state index contributed by atoms with van der Waals surface area (Å²) in [6.45, 7) is 7.22. The molecule has 1 rings (SSSR count). The van der Waals surface area contributed by atoms with Gasteiger partial charge in [0.25, 0.3) is 0 Å². The van der Waals surface area contributed by atoms with Crippen molar-refractivity contribution >= 4 is 23.6 Å². The molecule has 0 aromatic heterocycles. The van der Waals surface area contributed by atoms with Crippen molar-refractivity contribution in [3.63, 3.8) is 0 Å². The molecule has 1 amide bonds. The van der Waals surface area contributed by atoms with Crippen LogP contribution in [0.5, 0.6) is 0 Å². The smallest absolute Gasteiger partial charge is 0.316 e. The second kappa shape index (κ2) is 7.02. The molecule has 1 saturated heterocycles. The van der Waals surface area contributed by atoms with Crippen molar-refractivity contribution in [2.45, 2.75) is 50.5 Å². The minimum Gasteiger partial charge on any atom is -0.480 e. The van der Waals surface area contributed by atoms with Crippen molar-refractivity contribution < 1.29 is 14.7 Å². The molecule has 1 fully saturated rings. The average molecular weight is 273 g/mol. The van der Waals surface area contributed by atoms with Gasteiger partial charge in [-0.2, -0.15) is 0 Å². The van der Waals surface area contributed by atoms with Gasteiger partial charge < -0.3 is 10.0 Å². The van der Waals surface area contributed by atoms with E-state index in [9.17, 15) is 9.59 Å². The van der Waals surface area contributed by atoms with Crippen molar-refractivity contribution in [1.29, 1.82) is 0 Å². The first kappa shape index (κ1) is 15.3. The highest BCUT2D eigenvalue weighted by molar-refractivity contribution is 8.01. The van der Waals surface area contributed by atoms with Crippen LogP contribution in [0.3, 0.4) is 0 Å². The van der Waals surface area contributed by atoms with Gasteiger partial charge in [-0.1, -0.05) is 13.8 Å². The van der Waals surface area contributed by atoms with Crippen LogP contribution in [0.2, 0.25) is 0 Å². The number of amides is 1. The highest BCUT2D eigenvalue weighted by atomic mass is 32.2. The minimum absolute atomic E-state index is 0.0316. The number of hydrogen-bond acceptors (Lipinski definition) is 3. The fourth-order valence-corrected chi connectivity index (χ4v) is 3.29. The summed E-state index contributed by atoms with van der Waals surface area (Å²) < 4.78 is 0. The molecule has 4 nitrogen and oxygen atoms in total. The van der Waals surface area contributed by atoms with Gasteiger partial charge in [0.1, 0.15) is 5.25 Å². The highest BCUT2D eigenvalue weighted by Gasteiger charge is 2.29. The molecule has 1 heterocycles. The molecule has 1 aliphatic heterocycles. The third-order valence-electron chi connectivity index (χ3n) is 3.22. The Labute approximate surface area is 113 Å². The lowest BCUT2D eigenvalue weighted by Gasteiger charge is -2.30. The van der Waals surface area contributed by atoms with Gasteiger partial charge in [-0.05, 0) is 32.1 Å². The van der Waals surface area contributed by atoms with E-state index in [-0.39, 0.29) is 17.1 Å². The number of nitrogens with zero attached hydrogens (tertiary/aromatic N) is 1. The van der Waals surface area contributed by atoms with E-state index < -0.39 is 11.2 Å². The van der Waals surface area contributed by atoms with Gasteiger partial charge in [0.15, 0.2) is 0 Å². The Balaban J connectivity index is 2.54. The van der Waals surface area contributed by atoms with E-state index in [4.69, 9.17) is 5.11 Å². The lowest BCUT2D eigenvalue weighted by Crippen LogP contribution is -2.41. The Hall–Kier alpha value is -0.710. The van der Waals surface area contributed by atoms with Crippen molar-refractivity contribution in [3.05, 3.63) is 0 Å². The maximum atomic E-state index is 12.2. The quantitative estimate of drug-likeness (QED) is 0.834. The zero-order valence-corrected chi connectivity index (χ0v) is 12.2. The summed E-state index contributed by atoms with van der Waals surface area (Å²) in [5.74, 6) is -0.705. The molecule has 0 spiro atoms. The van der Waals surface area contributed by atoms with E-state index in [1.54, 1.807) is 0 Å². The molecule has 104 valence electrons. The summed E-state index contributed by atoms with van der Waals surface area (Å²) in [7, 11) is 0. The van der Waals surface area contributed by atoms with Gasteiger partial charge in [-0.25, -0.2) is 0 Å². The molecule has 18 heavy (non-hydrogen) atoms. The Bertz CT molecular complexity index is 301. The van der Waals surface area contributed by atoms with Crippen LogP contribution in [-0.2, 0) is 9.59 Å². The first-order valence-corrected chi connectivity index (χ1v) is 7.54. The molecule has 0 aromatic rings. The van der Waals surface area contributed by atoms with Crippen molar-refractivity contribution in [2.75, 3.05) is 13.1 Å². The normalized spacial score (nSPS) is 19.7. The number of carboxylic acid groups (broad SMARTS) is 1. The molecule has 1 N–H and O–H groups in total. The van der Waals surface area contributed by atoms with E-state index in [0.29, 0.717) is 0 Å². The maximum Gasteiger partial charge on any atom is 0.316 e. The molecule has 1 aliphatic rings. The zero-order chi connectivity index (χ0) is 13.7. The monoisotopic (exact) mass is 273 g/mol. The predicted octanol–water partition coefficient (Wildman–Crippen LogP) is 2.23. The van der Waals surface area contributed by atoms with Gasteiger partial charge in [0.2, 0.25) is 5.91 Å². The van der Waals surface area contributed by atoms with Gasteiger partial charge >= 0.3 is 5.97 Å². The number of likely N-dealkylation sites (tertiary alicyclic amines) is 1. The summed E-state index contributed by atoms with van der Waals surface area (Å²) in [4.78, 5) is 25.2. The molecule has 2 atom stereocenters. The van der Waals surface area contributed by atoms with Crippen molar-refractivity contribution in [2.24, 2.45) is 5.92 Å². The molecule has 2 unspecified atom stereocenters. The fourth-order valence-electron chi connectivity index (χ4n) is 2.15. The SMILES string of the molecule is CC(SC(C(=O)O)C(C)C)C(=O)N1CCCCC1. The van der Waals surface area contributed by atoms with Crippen LogP contribution in [0, 0.1) is 5.92 Å². The van der Waals surface area contributed by atoms with Crippen LogP contribution < -0.4 is 0 Å². The van der Waals surface area contributed by atoms with Crippen LogP contribution in [0.4, 0.5) is 0 Å². The van der Waals surface area contributed by atoms with Crippen LogP contribution in [0.15, 0.2) is 0 Å². The third-order valence-corrected chi connectivity index (χ3v) is 4.86. The summed E-state index contributed by atoms with van der Waals surface area (Å²) >= 11 is 1.27. The number of carbonyl (C=O) groups excluding carboxylic acids is 1. The second-order valence-electron chi connectivity index (χ2n) is 5.17. The van der Waals surface area contributed by atoms with E-state index in [1.807, 2.05) is 25.7 Å². The van der Waals surface area contributed by atoms with Gasteiger partial charge in [0.05, 0.1) is 5.25 Å². The lowest BCUT2D eigenvalue weighted by atomic mass is 10.1. The number of carboxylic acids is 1. The number of hydrogen-bond donors (Lipinski definition) is 1. The van der Waals surface area contributed by atoms with Crippen LogP contribution in [0.1, 0.15) is 40.0 Å². The number of carbonyl (C=O) groups is 2. The van der Waals surface area contributed by atoms with E-state index >= 15 is 0 Å². The van der Waals surface area contributed by atoms with Crippen molar-refractivity contribution in [1.82, 2.24) is 4.90 Å². The summed E-state index contributed by atoms with van der Waals surface area (Å²) in [5, 5.41) is 8.36. The lowest BCUT2D eigenvalue weighted by molar-refractivity contribution is -0.137. The molecule has 5 heteroatoms. The molecule has 0 saturated carbocycles. The van der Waals surface area contributed by atoms with E-state index in [2.05, 4.69) is 0 Å². The van der Waals surface area contributed by atoms with E-state index in [1.165, 1.54) is 18.2 Å². The minimum atomic E-state index is -0.826. The predicted molar refractivity (Wildman–Crippen MR) is 73.7 cm³/mol. The topological polar surface area (TPSA) is 57.6 Å². The Kier molecular flexibility index (Phi) is 5.99. The largest absolute Gasteiger partial charge is 0.480 e. The van der Waals surface area contributed by atoms with Gasteiger partial charge in [0, 0.05) is 13.1 Å². The Morgan fingerprint density at radius 3 is 2.11 bits per heavy atom. The summed E-state index contributed by atoms with van der Waals surface area (Å²) in [5.41, 5.74) is 0. The third kappa shape index (κ3) is 4.19. The summed E-state index contributed by atoms with van der Waals surface area (Å²) in [6, 6.07) is 0. The number of piperidine rings is 1. The van der Waals surface area contributed by atoms with E-state index in [0.717, 1.165) is 25.9 Å². The molecule has 0 bridgehead atoms. The number of rotatable bonds is 5. The Morgan fingerprint density at radius 1 is 1.11 bits per heavy atom. The first-order valence-electron chi connectivity index (χ1n) is 6.60. The molecule has 0 aromatic carbocycles. The molecular weight excluding hydrogens is 250 g/mol. The maximum absolute atomic E-state index is 12.2. The Morgan fingerprint density at radius 2 is 1.67 bits per heavy atom. The van der Waals surface area contributed by atoms with Crippen molar-refractivity contribution in [3.8, 4) is 0 Å². The summed E-state index contributed by atoms with van der Waals surface area (Å²) in [6.07, 6.45) is 3.32. The number of thioether (sulfide) groups is 1. The van der Waals surface area contributed by atoms with Crippen LogP contribution in [-0.4, -0.2) is 45.5 Å². The highest BCUT2D eigenvalue weighted by Crippen LogP contribution is 2.26. The molecular formula is C13H23NO3S. The second-order valence-corrected chi connectivity index (χ2v) is 6.65. The van der Waals surface area contributed by atoms with Gasteiger partial charge in [-0.15, -0.1) is 11.8 Å². The van der Waals surface area contributed by atoms with Crippen LogP contribution >= 0.6 is 11.8 Å². The fraction of sp³-hybridized carbons (Fsp3) is 0.846. The molecule has 0 aliphatic carbocycles. The average Bonchev–Trinajstić information content (AvgIpc) is 2.35. The number of aliphatic carboxylic acids is 1. The zero-order valence-electron chi connectivity index (χ0n) is 11.4. The van der Waals surface area contributed by atoms with Gasteiger partial charge in [-0.3, -0.25) is 9.59 Å². The first-order chi connectivity index (χ1) is 8.43. The standard InChI is InChI=1S/C13H23NO3S/c1-9(2)11(13(16)17)18-10(3)12(15)14-7-5-4-6-8-14/h9-11H,4-8H2,1-3H3,(H,16,17). The molecule has 0 radical (unpaired) electrons.